The average Bonchev–Trinajstić information content (AvgIpc) is 3.28. The molecule has 2 saturated heterocycles. The average molecular weight is 359 g/mol. The predicted molar refractivity (Wildman–Crippen MR) is 96.4 cm³/mol. The number of ether oxygens (including phenoxy) is 1. The van der Waals surface area contributed by atoms with Gasteiger partial charge in [0.2, 0.25) is 0 Å². The number of aliphatic hydroxyl groups is 1. The number of nitrogens with one attached hydrogen (secondary N) is 1. The number of likely N-dealkylation sites (tertiary alicyclic amines) is 1. The van der Waals surface area contributed by atoms with Gasteiger partial charge in [0.05, 0.1) is 18.4 Å². The normalized spacial score (nSPS) is 29.1. The molecule has 2 aliphatic heterocycles. The monoisotopic (exact) mass is 359 g/mol. The minimum Gasteiger partial charge on any atom is -0.389 e. The number of aryl methyl sites for hydroxylation is 2. The number of aromatic amines is 1. The number of benzene rings is 1. The van der Waals surface area contributed by atoms with E-state index in [2.05, 4.69) is 21.8 Å². The number of rotatable bonds is 4. The van der Waals surface area contributed by atoms with E-state index >= 15 is 0 Å². The molecule has 2 fully saturated rings. The summed E-state index contributed by atoms with van der Waals surface area (Å²) in [6.07, 6.45) is 1.06. The Morgan fingerprint density at radius 2 is 2.31 bits per heavy atom. The van der Waals surface area contributed by atoms with Gasteiger partial charge in [0.15, 0.2) is 0 Å². The second kappa shape index (κ2) is 6.76. The van der Waals surface area contributed by atoms with E-state index in [1.165, 1.54) is 6.07 Å². The Hall–Kier alpha value is -1.76. The third-order valence-corrected chi connectivity index (χ3v) is 5.76. The van der Waals surface area contributed by atoms with E-state index in [4.69, 9.17) is 4.74 Å². The number of imidazole rings is 1. The van der Waals surface area contributed by atoms with Crippen molar-refractivity contribution in [3.8, 4) is 0 Å². The Kier molecular flexibility index (Phi) is 4.59. The first-order valence-corrected chi connectivity index (χ1v) is 9.33. The van der Waals surface area contributed by atoms with Gasteiger partial charge in [-0.15, -0.1) is 0 Å². The van der Waals surface area contributed by atoms with Crippen LogP contribution >= 0.6 is 0 Å². The van der Waals surface area contributed by atoms with E-state index < -0.39 is 11.7 Å². The van der Waals surface area contributed by atoms with Gasteiger partial charge in [-0.3, -0.25) is 4.90 Å². The summed E-state index contributed by atoms with van der Waals surface area (Å²) in [6.45, 7) is 6.59. The molecule has 3 heterocycles. The fourth-order valence-electron chi connectivity index (χ4n) is 4.29. The van der Waals surface area contributed by atoms with E-state index in [-0.39, 0.29) is 11.7 Å². The minimum absolute atomic E-state index is 0.124. The number of halogens is 1. The highest BCUT2D eigenvalue weighted by molar-refractivity contribution is 5.24. The summed E-state index contributed by atoms with van der Waals surface area (Å²) in [5.74, 6) is 0.895. The zero-order chi connectivity index (χ0) is 18.3. The zero-order valence-electron chi connectivity index (χ0n) is 15.3. The molecule has 0 unspecified atom stereocenters. The fourth-order valence-corrected chi connectivity index (χ4v) is 4.29. The van der Waals surface area contributed by atoms with Crippen LogP contribution in [-0.2, 0) is 17.7 Å². The van der Waals surface area contributed by atoms with Gasteiger partial charge in [0.25, 0.3) is 0 Å². The first-order chi connectivity index (χ1) is 12.5. The van der Waals surface area contributed by atoms with E-state index in [1.807, 2.05) is 13.0 Å². The van der Waals surface area contributed by atoms with Crippen LogP contribution in [0, 0.1) is 12.7 Å². The highest BCUT2D eigenvalue weighted by Crippen LogP contribution is 2.42. The van der Waals surface area contributed by atoms with Crippen molar-refractivity contribution in [2.24, 2.45) is 0 Å². The highest BCUT2D eigenvalue weighted by atomic mass is 19.1. The highest BCUT2D eigenvalue weighted by Gasteiger charge is 2.52. The van der Waals surface area contributed by atoms with Gasteiger partial charge < -0.3 is 14.8 Å². The van der Waals surface area contributed by atoms with Crippen molar-refractivity contribution in [3.05, 3.63) is 52.9 Å². The van der Waals surface area contributed by atoms with Crippen LogP contribution in [0.1, 0.15) is 42.0 Å². The molecule has 2 aromatic rings. The molecule has 26 heavy (non-hydrogen) atoms. The summed E-state index contributed by atoms with van der Waals surface area (Å²) < 4.78 is 19.6. The Labute approximate surface area is 153 Å². The van der Waals surface area contributed by atoms with Gasteiger partial charge in [0.1, 0.15) is 17.2 Å². The molecule has 2 aliphatic rings. The van der Waals surface area contributed by atoms with Gasteiger partial charge in [-0.1, -0.05) is 19.1 Å². The van der Waals surface area contributed by atoms with Crippen molar-refractivity contribution in [3.63, 3.8) is 0 Å². The maximum atomic E-state index is 13.5. The van der Waals surface area contributed by atoms with Gasteiger partial charge in [0, 0.05) is 37.7 Å². The van der Waals surface area contributed by atoms with Crippen molar-refractivity contribution in [1.29, 1.82) is 0 Å². The first kappa shape index (κ1) is 17.6. The summed E-state index contributed by atoms with van der Waals surface area (Å²) in [5, 5.41) is 10.7. The predicted octanol–water partition coefficient (Wildman–Crippen LogP) is 2.54. The minimum atomic E-state index is -0.561. The van der Waals surface area contributed by atoms with Crippen LogP contribution in [0.4, 0.5) is 4.39 Å². The Balaban J connectivity index is 1.46. The molecule has 1 aromatic heterocycles. The lowest BCUT2D eigenvalue weighted by atomic mass is 9.87. The Morgan fingerprint density at radius 1 is 1.46 bits per heavy atom. The quantitative estimate of drug-likeness (QED) is 0.881. The van der Waals surface area contributed by atoms with Gasteiger partial charge >= 0.3 is 0 Å². The van der Waals surface area contributed by atoms with Crippen LogP contribution in [0.15, 0.2) is 24.3 Å². The molecule has 6 heteroatoms. The number of β-amino-alcohol motifs (C(OH)–C–C–N with tert-alkyl or cyclic N) is 1. The molecule has 5 nitrogen and oxygen atoms in total. The topological polar surface area (TPSA) is 61.4 Å². The summed E-state index contributed by atoms with van der Waals surface area (Å²) in [7, 11) is 0. The smallest absolute Gasteiger partial charge is 0.123 e. The molecule has 0 saturated carbocycles. The molecular weight excluding hydrogens is 333 g/mol. The van der Waals surface area contributed by atoms with Gasteiger partial charge in [-0.2, -0.15) is 0 Å². The summed E-state index contributed by atoms with van der Waals surface area (Å²) in [5.41, 5.74) is 2.51. The number of aromatic nitrogens is 2. The van der Waals surface area contributed by atoms with Crippen LogP contribution in [0.25, 0.3) is 0 Å². The van der Waals surface area contributed by atoms with Crippen molar-refractivity contribution in [2.75, 3.05) is 19.7 Å². The lowest BCUT2D eigenvalue weighted by Gasteiger charge is -2.26. The van der Waals surface area contributed by atoms with Crippen molar-refractivity contribution >= 4 is 0 Å². The molecule has 0 aliphatic carbocycles. The van der Waals surface area contributed by atoms with E-state index in [9.17, 15) is 9.50 Å². The second-order valence-corrected chi connectivity index (χ2v) is 7.63. The van der Waals surface area contributed by atoms with Crippen LogP contribution in [-0.4, -0.2) is 51.4 Å². The molecule has 140 valence electrons. The largest absolute Gasteiger partial charge is 0.389 e. The van der Waals surface area contributed by atoms with Crippen LogP contribution in [0.5, 0.6) is 0 Å². The third kappa shape index (κ3) is 3.17. The molecule has 1 aromatic carbocycles. The number of hydrogen-bond donors (Lipinski definition) is 2. The number of nitrogens with zero attached hydrogens (tertiary/aromatic N) is 2. The van der Waals surface area contributed by atoms with Crippen molar-refractivity contribution < 1.29 is 14.2 Å². The fraction of sp³-hybridized carbons (Fsp3) is 0.550. The Bertz CT molecular complexity index is 793. The SMILES string of the molecule is CCc1nc(CN2C[C@@H](O)[C@@]3(C[C@@H](c4cccc(F)c4)CO3)C2)c(C)[nH]1. The van der Waals surface area contributed by atoms with Crippen LogP contribution in [0.3, 0.4) is 0 Å². The molecule has 0 radical (unpaired) electrons. The second-order valence-electron chi connectivity index (χ2n) is 7.63. The standard InChI is InChI=1S/C20H26FN3O2/c1-3-19-22-13(2)17(23-19)9-24-10-18(25)20(12-24)8-15(11-26-20)14-5-4-6-16(21)7-14/h4-7,15,18,25H,3,8-12H2,1-2H3,(H,22,23)/t15-,18-,20-/m1/s1. The van der Waals surface area contributed by atoms with E-state index in [1.54, 1.807) is 12.1 Å². The van der Waals surface area contributed by atoms with Crippen LogP contribution < -0.4 is 0 Å². The van der Waals surface area contributed by atoms with Gasteiger partial charge in [-0.25, -0.2) is 9.37 Å². The number of H-pyrrole nitrogens is 1. The lowest BCUT2D eigenvalue weighted by molar-refractivity contribution is -0.0594. The lowest BCUT2D eigenvalue weighted by Crippen LogP contribution is -2.41. The Morgan fingerprint density at radius 3 is 3.04 bits per heavy atom. The summed E-state index contributed by atoms with van der Waals surface area (Å²) in [4.78, 5) is 10.2. The number of aliphatic hydroxyl groups excluding tert-OH is 1. The molecule has 0 amide bonds. The summed E-state index contributed by atoms with van der Waals surface area (Å²) >= 11 is 0. The van der Waals surface area contributed by atoms with Crippen molar-refractivity contribution in [2.45, 2.75) is 50.9 Å². The van der Waals surface area contributed by atoms with E-state index in [0.29, 0.717) is 32.7 Å². The molecule has 2 N–H and O–H groups in total. The third-order valence-electron chi connectivity index (χ3n) is 5.76. The maximum absolute atomic E-state index is 13.5. The zero-order valence-corrected chi connectivity index (χ0v) is 15.3. The van der Waals surface area contributed by atoms with Crippen molar-refractivity contribution in [1.82, 2.24) is 14.9 Å². The van der Waals surface area contributed by atoms with Gasteiger partial charge in [-0.05, 0) is 31.0 Å². The maximum Gasteiger partial charge on any atom is 0.123 e. The van der Waals surface area contributed by atoms with E-state index in [0.717, 1.165) is 29.2 Å². The number of hydrogen-bond acceptors (Lipinski definition) is 4. The molecular formula is C20H26FN3O2. The molecule has 1 spiro atoms. The molecule has 0 bridgehead atoms. The summed E-state index contributed by atoms with van der Waals surface area (Å²) in [6, 6.07) is 6.71. The molecule has 3 atom stereocenters. The molecule has 4 rings (SSSR count). The van der Waals surface area contributed by atoms with Crippen LogP contribution in [0.2, 0.25) is 0 Å². The first-order valence-electron chi connectivity index (χ1n) is 9.33.